The van der Waals surface area contributed by atoms with Gasteiger partial charge in [-0.25, -0.2) is 22.2 Å². The van der Waals surface area contributed by atoms with E-state index in [0.29, 0.717) is 16.9 Å². The highest BCUT2D eigenvalue weighted by atomic mass is 32.2. The second-order valence-electron chi connectivity index (χ2n) is 8.52. The normalized spacial score (nSPS) is 13.3. The number of amides is 1. The zero-order valence-corrected chi connectivity index (χ0v) is 19.5. The average Bonchev–Trinajstić information content (AvgIpc) is 3.35. The van der Waals surface area contributed by atoms with E-state index in [0.717, 1.165) is 36.1 Å². The van der Waals surface area contributed by atoms with Gasteiger partial charge in [-0.1, -0.05) is 36.4 Å². The lowest BCUT2D eigenvalue weighted by atomic mass is 10.1. The molecule has 9 heteroatoms. The topological polar surface area (TPSA) is 93.1 Å². The molecule has 1 amide bonds. The van der Waals surface area contributed by atoms with Crippen LogP contribution in [0.25, 0.3) is 5.69 Å². The van der Waals surface area contributed by atoms with Gasteiger partial charge in [0.05, 0.1) is 5.75 Å². The molecule has 2 N–H and O–H groups in total. The van der Waals surface area contributed by atoms with Crippen molar-refractivity contribution >= 4 is 15.9 Å². The van der Waals surface area contributed by atoms with Gasteiger partial charge in [-0.2, -0.15) is 5.10 Å². The van der Waals surface area contributed by atoms with Gasteiger partial charge in [-0.05, 0) is 56.4 Å². The van der Waals surface area contributed by atoms with E-state index in [1.54, 1.807) is 61.0 Å². The van der Waals surface area contributed by atoms with Crippen molar-refractivity contribution in [3.05, 3.63) is 82.4 Å². The highest BCUT2D eigenvalue weighted by molar-refractivity contribution is 7.88. The Bertz CT molecular complexity index is 1270. The first kappa shape index (κ1) is 23.1. The van der Waals surface area contributed by atoms with Crippen molar-refractivity contribution in [1.82, 2.24) is 19.8 Å². The van der Waals surface area contributed by atoms with E-state index in [-0.39, 0.29) is 30.1 Å². The number of hydrogen-bond donors (Lipinski definition) is 2. The van der Waals surface area contributed by atoms with E-state index in [1.807, 2.05) is 0 Å². The van der Waals surface area contributed by atoms with Crippen LogP contribution < -0.4 is 10.0 Å². The molecule has 0 saturated carbocycles. The van der Waals surface area contributed by atoms with Crippen LogP contribution in [0.3, 0.4) is 0 Å². The molecule has 0 spiro atoms. The largest absolute Gasteiger partial charge is 0.347 e. The van der Waals surface area contributed by atoms with Crippen LogP contribution in [0.5, 0.6) is 0 Å². The molecule has 1 aromatic heterocycles. The molecule has 0 atom stereocenters. The number of para-hydroxylation sites is 1. The predicted octanol–water partition coefficient (Wildman–Crippen LogP) is 3.26. The molecule has 0 bridgehead atoms. The van der Waals surface area contributed by atoms with Gasteiger partial charge in [-0.15, -0.1) is 0 Å². The van der Waals surface area contributed by atoms with Gasteiger partial charge in [0.15, 0.2) is 5.69 Å². The van der Waals surface area contributed by atoms with E-state index in [1.165, 1.54) is 6.07 Å². The Balaban J connectivity index is 1.45. The van der Waals surface area contributed by atoms with Gasteiger partial charge in [0.2, 0.25) is 10.0 Å². The summed E-state index contributed by atoms with van der Waals surface area (Å²) in [5.41, 5.74) is 3.92. The highest BCUT2D eigenvalue weighted by Gasteiger charge is 2.27. The fraction of sp³-hybridized carbons (Fsp3) is 0.333. The minimum Gasteiger partial charge on any atom is -0.347 e. The number of fused-ring (bicyclic) bond motifs is 1. The van der Waals surface area contributed by atoms with Crippen LogP contribution in [-0.2, 0) is 35.2 Å². The minimum atomic E-state index is -3.40. The molecule has 0 radical (unpaired) electrons. The van der Waals surface area contributed by atoms with Gasteiger partial charge in [0.1, 0.15) is 11.5 Å². The lowest BCUT2D eigenvalue weighted by Crippen LogP contribution is -2.31. The summed E-state index contributed by atoms with van der Waals surface area (Å²) in [6.07, 6.45) is 2.39. The smallest absolute Gasteiger partial charge is 0.272 e. The number of carbonyl (C=O) groups excluding carboxylic acids is 1. The number of hydrogen-bond acceptors (Lipinski definition) is 4. The van der Waals surface area contributed by atoms with Crippen LogP contribution in [-0.4, -0.2) is 30.1 Å². The second kappa shape index (κ2) is 9.44. The Labute approximate surface area is 193 Å². The molecule has 1 aliphatic rings. The Morgan fingerprint density at radius 1 is 1.09 bits per heavy atom. The maximum Gasteiger partial charge on any atom is 0.272 e. The second-order valence-corrected chi connectivity index (χ2v) is 10.3. The third kappa shape index (κ3) is 5.31. The average molecular weight is 471 g/mol. The van der Waals surface area contributed by atoms with Gasteiger partial charge >= 0.3 is 0 Å². The van der Waals surface area contributed by atoms with E-state index in [2.05, 4.69) is 15.1 Å². The number of aromatic nitrogens is 2. The maximum atomic E-state index is 14.3. The summed E-state index contributed by atoms with van der Waals surface area (Å²) in [5.74, 6) is -0.791. The van der Waals surface area contributed by atoms with Crippen molar-refractivity contribution in [3.8, 4) is 5.69 Å². The molecule has 1 heterocycles. The summed E-state index contributed by atoms with van der Waals surface area (Å²) in [4.78, 5) is 12.9. The Kier molecular flexibility index (Phi) is 6.62. The molecule has 0 unspecified atom stereocenters. The molecule has 4 rings (SSSR count). The van der Waals surface area contributed by atoms with Crippen molar-refractivity contribution in [1.29, 1.82) is 0 Å². The van der Waals surface area contributed by atoms with Gasteiger partial charge in [0.25, 0.3) is 5.91 Å². The van der Waals surface area contributed by atoms with E-state index < -0.39 is 10.0 Å². The zero-order valence-electron chi connectivity index (χ0n) is 18.6. The van der Waals surface area contributed by atoms with E-state index in [9.17, 15) is 17.6 Å². The highest BCUT2D eigenvalue weighted by Crippen LogP contribution is 2.28. The lowest BCUT2D eigenvalue weighted by molar-refractivity contribution is 0.0944. The van der Waals surface area contributed by atoms with Crippen LogP contribution in [0.4, 0.5) is 4.39 Å². The number of nitrogens with zero attached hydrogens (tertiary/aromatic N) is 2. The first-order valence-electron chi connectivity index (χ1n) is 10.9. The summed E-state index contributed by atoms with van der Waals surface area (Å²) in [6.45, 7) is 3.83. The molecular formula is C24H27FN4O3S. The van der Waals surface area contributed by atoms with Crippen molar-refractivity contribution < 1.29 is 17.6 Å². The number of nitrogens with one attached hydrogen (secondary N) is 2. The molecule has 0 aliphatic heterocycles. The Morgan fingerprint density at radius 3 is 2.48 bits per heavy atom. The summed E-state index contributed by atoms with van der Waals surface area (Å²) in [6, 6.07) is 13.3. The van der Waals surface area contributed by atoms with Crippen LogP contribution >= 0.6 is 0 Å². The number of carbonyl (C=O) groups is 1. The minimum absolute atomic E-state index is 0.0998. The van der Waals surface area contributed by atoms with Crippen molar-refractivity contribution in [2.45, 2.75) is 51.4 Å². The molecule has 174 valence electrons. The molecule has 0 fully saturated rings. The van der Waals surface area contributed by atoms with Gasteiger partial charge in [0, 0.05) is 23.8 Å². The quantitative estimate of drug-likeness (QED) is 0.529. The van der Waals surface area contributed by atoms with Crippen LogP contribution in [0.1, 0.15) is 53.1 Å². The predicted molar refractivity (Wildman–Crippen MR) is 124 cm³/mol. The Morgan fingerprint density at radius 2 is 1.79 bits per heavy atom. The fourth-order valence-corrected chi connectivity index (χ4v) is 5.51. The zero-order chi connectivity index (χ0) is 23.6. The van der Waals surface area contributed by atoms with Crippen molar-refractivity contribution in [2.75, 3.05) is 0 Å². The summed E-state index contributed by atoms with van der Waals surface area (Å²) < 4.78 is 42.6. The van der Waals surface area contributed by atoms with Crippen LogP contribution in [0.15, 0.2) is 48.5 Å². The number of rotatable bonds is 8. The van der Waals surface area contributed by atoms with Crippen LogP contribution in [0, 0.1) is 5.82 Å². The lowest BCUT2D eigenvalue weighted by Gasteiger charge is -2.10. The van der Waals surface area contributed by atoms with E-state index in [4.69, 9.17) is 0 Å². The molecule has 1 aliphatic carbocycles. The molecule has 0 saturated heterocycles. The maximum absolute atomic E-state index is 14.3. The summed E-state index contributed by atoms with van der Waals surface area (Å²) in [7, 11) is -3.40. The molecule has 2 aromatic carbocycles. The van der Waals surface area contributed by atoms with Crippen LogP contribution in [0.2, 0.25) is 0 Å². The SMILES string of the molecule is CC(C)NS(=O)(=O)Cc1ccc(CNC(=O)c2nn(-c3ccccc3F)c3c2CCC3)cc1. The summed E-state index contributed by atoms with van der Waals surface area (Å²) >= 11 is 0. The standard InChI is InChI=1S/C24H27FN4O3S/c1-16(2)28-33(31,32)15-18-12-10-17(11-13-18)14-26-24(30)23-19-6-5-9-21(19)29(27-23)22-8-4-3-7-20(22)25/h3-4,7-8,10-13,16,28H,5-6,9,14-15H2,1-2H3,(H,26,30). The summed E-state index contributed by atoms with van der Waals surface area (Å²) in [5, 5.41) is 7.32. The molecular weight excluding hydrogens is 443 g/mol. The Hall–Kier alpha value is -3.04. The molecule has 3 aromatic rings. The van der Waals surface area contributed by atoms with Gasteiger partial charge < -0.3 is 5.32 Å². The first-order valence-corrected chi connectivity index (χ1v) is 12.6. The van der Waals surface area contributed by atoms with Crippen molar-refractivity contribution in [2.24, 2.45) is 0 Å². The first-order chi connectivity index (χ1) is 15.7. The third-order valence-corrected chi connectivity index (χ3v) is 7.02. The van der Waals surface area contributed by atoms with E-state index >= 15 is 0 Å². The van der Waals surface area contributed by atoms with Gasteiger partial charge in [-0.3, -0.25) is 4.79 Å². The van der Waals surface area contributed by atoms with Crippen molar-refractivity contribution in [3.63, 3.8) is 0 Å². The molecule has 33 heavy (non-hydrogen) atoms. The monoisotopic (exact) mass is 470 g/mol. The number of sulfonamides is 1. The fourth-order valence-electron chi connectivity index (χ4n) is 4.08. The third-order valence-electron chi connectivity index (χ3n) is 5.47. The number of halogens is 1. The molecule has 7 nitrogen and oxygen atoms in total. The number of benzene rings is 2.